The number of ether oxygens (including phenoxy) is 2. The van der Waals surface area contributed by atoms with Gasteiger partial charge in [-0.05, 0) is 40.0 Å². The predicted octanol–water partition coefficient (Wildman–Crippen LogP) is 1.77. The molecule has 0 aromatic carbocycles. The third-order valence-corrected chi connectivity index (χ3v) is 5.18. The zero-order valence-electron chi connectivity index (χ0n) is 19.9. The lowest BCUT2D eigenvalue weighted by molar-refractivity contribution is -0.162. The summed E-state index contributed by atoms with van der Waals surface area (Å²) in [6.45, 7) is 6.31. The number of aliphatic hydroxyl groups excluding tert-OH is 1. The number of carbonyl (C=O) groups is 3. The monoisotopic (exact) mass is 465 g/mol. The fourth-order valence-electron chi connectivity index (χ4n) is 3.34. The van der Waals surface area contributed by atoms with E-state index in [4.69, 9.17) is 15.2 Å². The molecule has 4 unspecified atom stereocenters. The molecule has 1 rings (SSSR count). The minimum atomic E-state index is -0.817. The largest absolute Gasteiger partial charge is 0.394 e. The van der Waals surface area contributed by atoms with Crippen LogP contribution >= 0.6 is 0 Å². The number of carbonyl (C=O) groups excluding carboxylic acids is 3. The van der Waals surface area contributed by atoms with Crippen molar-refractivity contribution in [2.24, 2.45) is 11.7 Å². The number of rotatable bonds is 17. The summed E-state index contributed by atoms with van der Waals surface area (Å²) < 4.78 is 11.5. The van der Waals surface area contributed by atoms with Gasteiger partial charge in [-0.15, -0.1) is 0 Å². The van der Waals surface area contributed by atoms with Crippen LogP contribution in [-0.4, -0.2) is 66.4 Å². The van der Waals surface area contributed by atoms with Crippen molar-refractivity contribution in [1.29, 1.82) is 0 Å². The van der Waals surface area contributed by atoms with E-state index < -0.39 is 24.3 Å². The second-order valence-corrected chi connectivity index (χ2v) is 8.23. The lowest BCUT2D eigenvalue weighted by Crippen LogP contribution is -2.44. The number of allylic oxidation sites excluding steroid dienone is 3. The molecule has 186 valence electrons. The molecule has 0 fully saturated rings. The highest BCUT2D eigenvalue weighted by Gasteiger charge is 2.26. The number of nitrogens with one attached hydrogen (secondary N) is 1. The first-order valence-corrected chi connectivity index (χ1v) is 11.5. The van der Waals surface area contributed by atoms with Gasteiger partial charge in [-0.2, -0.15) is 0 Å². The number of unbranched alkanes of at least 4 members (excludes halogenated alkanes) is 3. The lowest BCUT2D eigenvalue weighted by Gasteiger charge is -2.32. The van der Waals surface area contributed by atoms with Gasteiger partial charge in [0.2, 0.25) is 18.2 Å². The Morgan fingerprint density at radius 3 is 2.67 bits per heavy atom. The van der Waals surface area contributed by atoms with Crippen LogP contribution in [0.25, 0.3) is 0 Å². The van der Waals surface area contributed by atoms with Gasteiger partial charge in [0.1, 0.15) is 0 Å². The van der Waals surface area contributed by atoms with Crippen LogP contribution in [0.2, 0.25) is 0 Å². The van der Waals surface area contributed by atoms with Gasteiger partial charge in [0.15, 0.2) is 6.23 Å². The van der Waals surface area contributed by atoms with E-state index in [1.807, 2.05) is 25.2 Å². The molecule has 0 aromatic rings. The Hall–Kier alpha value is -2.49. The molecule has 0 spiro atoms. The summed E-state index contributed by atoms with van der Waals surface area (Å²) >= 11 is 0. The van der Waals surface area contributed by atoms with E-state index in [-0.39, 0.29) is 18.4 Å². The van der Waals surface area contributed by atoms with E-state index in [0.29, 0.717) is 19.6 Å². The molecular weight excluding hydrogens is 426 g/mol. The van der Waals surface area contributed by atoms with Gasteiger partial charge in [-0.1, -0.05) is 36.6 Å². The zero-order valence-corrected chi connectivity index (χ0v) is 19.9. The summed E-state index contributed by atoms with van der Waals surface area (Å²) in [5.41, 5.74) is 6.22. The van der Waals surface area contributed by atoms with Crippen molar-refractivity contribution in [2.75, 3.05) is 19.8 Å². The van der Waals surface area contributed by atoms with Crippen LogP contribution < -0.4 is 11.1 Å². The topological polar surface area (TPSA) is 131 Å². The minimum absolute atomic E-state index is 0.0719. The Morgan fingerprint density at radius 1 is 1.30 bits per heavy atom. The molecule has 0 saturated heterocycles. The summed E-state index contributed by atoms with van der Waals surface area (Å²) in [7, 11) is 0. The number of hydrogen-bond donors (Lipinski definition) is 3. The van der Waals surface area contributed by atoms with E-state index in [1.165, 1.54) is 6.20 Å². The fourth-order valence-corrected chi connectivity index (χ4v) is 3.34. The first kappa shape index (κ1) is 28.5. The van der Waals surface area contributed by atoms with Crippen molar-refractivity contribution in [1.82, 2.24) is 10.2 Å². The van der Waals surface area contributed by atoms with Crippen LogP contribution in [0.1, 0.15) is 52.9 Å². The van der Waals surface area contributed by atoms with Crippen LogP contribution in [-0.2, 0) is 23.9 Å². The molecule has 4 N–H and O–H groups in total. The SMILES string of the molecule is CC1=CC(C(=O)NCCCCCCOC(C)C(OC(C)CO)N(C=O)/C=C\C(N)=O)CC=C1. The molecule has 1 aliphatic carbocycles. The average Bonchev–Trinajstić information content (AvgIpc) is 2.79. The number of amides is 3. The summed E-state index contributed by atoms with van der Waals surface area (Å²) in [6.07, 6.45) is 11.4. The molecule has 0 aromatic heterocycles. The molecule has 3 amide bonds. The standard InChI is InChI=1S/C24H39N3O6/c1-18-9-8-10-21(15-18)23(31)26-12-6-4-5-7-14-32-20(3)24(33-19(2)16-28)27(17-29)13-11-22(25)30/h8-9,11,13,15,17,19-21,24,28H,4-7,10,12,14,16H2,1-3H3,(H2,25,30)(H,26,31)/b13-11-. The van der Waals surface area contributed by atoms with Gasteiger partial charge in [0.25, 0.3) is 0 Å². The van der Waals surface area contributed by atoms with E-state index in [1.54, 1.807) is 13.8 Å². The van der Waals surface area contributed by atoms with Crippen LogP contribution in [0, 0.1) is 5.92 Å². The molecule has 4 atom stereocenters. The van der Waals surface area contributed by atoms with Crippen LogP contribution in [0.5, 0.6) is 0 Å². The first-order valence-electron chi connectivity index (χ1n) is 11.5. The van der Waals surface area contributed by atoms with Crippen molar-refractivity contribution < 1.29 is 29.0 Å². The third kappa shape index (κ3) is 11.8. The van der Waals surface area contributed by atoms with Crippen molar-refractivity contribution >= 4 is 18.2 Å². The number of aliphatic hydroxyl groups is 1. The second-order valence-electron chi connectivity index (χ2n) is 8.23. The summed E-state index contributed by atoms with van der Waals surface area (Å²) in [4.78, 5) is 35.8. The van der Waals surface area contributed by atoms with Gasteiger partial charge in [0, 0.05) is 25.4 Å². The van der Waals surface area contributed by atoms with Crippen LogP contribution in [0.15, 0.2) is 36.1 Å². The summed E-state index contributed by atoms with van der Waals surface area (Å²) in [6, 6.07) is 0. The highest BCUT2D eigenvalue weighted by atomic mass is 16.6. The maximum atomic E-state index is 12.2. The Kier molecular flexibility index (Phi) is 14.0. The van der Waals surface area contributed by atoms with Gasteiger partial charge >= 0.3 is 0 Å². The highest BCUT2D eigenvalue weighted by Crippen LogP contribution is 2.16. The summed E-state index contributed by atoms with van der Waals surface area (Å²) in [5.74, 6) is -0.691. The Balaban J connectivity index is 2.32. The molecule has 1 aliphatic rings. The minimum Gasteiger partial charge on any atom is -0.394 e. The van der Waals surface area contributed by atoms with Gasteiger partial charge in [0.05, 0.1) is 24.7 Å². The van der Waals surface area contributed by atoms with Crippen LogP contribution in [0.3, 0.4) is 0 Å². The molecule has 0 aliphatic heterocycles. The fraction of sp³-hybridized carbons (Fsp3) is 0.625. The van der Waals surface area contributed by atoms with Crippen molar-refractivity contribution in [2.45, 2.75) is 71.3 Å². The van der Waals surface area contributed by atoms with E-state index in [2.05, 4.69) is 5.32 Å². The molecule has 0 heterocycles. The lowest BCUT2D eigenvalue weighted by atomic mass is 9.96. The number of nitrogens with zero attached hydrogens (tertiary/aromatic N) is 1. The Labute approximate surface area is 196 Å². The maximum absolute atomic E-state index is 12.2. The van der Waals surface area contributed by atoms with Gasteiger partial charge in [-0.3, -0.25) is 19.3 Å². The van der Waals surface area contributed by atoms with Gasteiger partial charge in [-0.25, -0.2) is 0 Å². The van der Waals surface area contributed by atoms with Crippen molar-refractivity contribution in [3.8, 4) is 0 Å². The molecule has 0 bridgehead atoms. The van der Waals surface area contributed by atoms with Crippen LogP contribution in [0.4, 0.5) is 0 Å². The Morgan fingerprint density at radius 2 is 2.03 bits per heavy atom. The smallest absolute Gasteiger partial charge is 0.242 e. The summed E-state index contributed by atoms with van der Waals surface area (Å²) in [5, 5.41) is 12.3. The normalized spacial score (nSPS) is 18.4. The number of primary amides is 1. The van der Waals surface area contributed by atoms with E-state index in [0.717, 1.165) is 48.7 Å². The molecule has 33 heavy (non-hydrogen) atoms. The molecular formula is C24H39N3O6. The molecule has 9 nitrogen and oxygen atoms in total. The highest BCUT2D eigenvalue weighted by molar-refractivity contribution is 5.85. The third-order valence-electron chi connectivity index (χ3n) is 5.18. The quantitative estimate of drug-likeness (QED) is 0.130. The molecule has 9 heteroatoms. The molecule has 0 radical (unpaired) electrons. The van der Waals surface area contributed by atoms with E-state index >= 15 is 0 Å². The van der Waals surface area contributed by atoms with Crippen molar-refractivity contribution in [3.63, 3.8) is 0 Å². The Bertz CT molecular complexity index is 706. The maximum Gasteiger partial charge on any atom is 0.242 e. The predicted molar refractivity (Wildman–Crippen MR) is 126 cm³/mol. The average molecular weight is 466 g/mol. The van der Waals surface area contributed by atoms with Gasteiger partial charge < -0.3 is 25.6 Å². The van der Waals surface area contributed by atoms with E-state index in [9.17, 15) is 19.5 Å². The first-order chi connectivity index (χ1) is 15.8. The number of nitrogens with two attached hydrogens (primary N) is 1. The molecule has 0 saturated carbocycles. The second kappa shape index (κ2) is 16.2. The zero-order chi connectivity index (χ0) is 24.6. The van der Waals surface area contributed by atoms with Crippen molar-refractivity contribution in [3.05, 3.63) is 36.1 Å². The number of hydrogen-bond acceptors (Lipinski definition) is 6.